The Morgan fingerprint density at radius 3 is 2.52 bits per heavy atom. The number of methoxy groups -OCH3 is 1. The molecule has 1 aromatic carbocycles. The minimum absolute atomic E-state index is 0.145. The fourth-order valence-electron chi connectivity index (χ4n) is 2.17. The molecule has 3 heteroatoms. The average molecular weight is 289 g/mol. The summed E-state index contributed by atoms with van der Waals surface area (Å²) in [6.07, 6.45) is 0. The van der Waals surface area contributed by atoms with Crippen LogP contribution in [-0.4, -0.2) is 36.8 Å². The second-order valence-corrected chi connectivity index (χ2v) is 6.45. The van der Waals surface area contributed by atoms with E-state index in [-0.39, 0.29) is 12.0 Å². The molecule has 0 radical (unpaired) electrons. The zero-order valence-electron chi connectivity index (χ0n) is 14.0. The SMILES string of the molecule is COc1ccc(CN(C)C(C)C(C)(C)C)cc1C#CCO. The lowest BCUT2D eigenvalue weighted by Crippen LogP contribution is -2.38. The van der Waals surface area contributed by atoms with Gasteiger partial charge in [0.05, 0.1) is 12.7 Å². The highest BCUT2D eigenvalue weighted by molar-refractivity contribution is 5.48. The van der Waals surface area contributed by atoms with Crippen molar-refractivity contribution >= 4 is 0 Å². The van der Waals surface area contributed by atoms with Gasteiger partial charge < -0.3 is 9.84 Å². The third-order valence-corrected chi connectivity index (χ3v) is 3.91. The van der Waals surface area contributed by atoms with Gasteiger partial charge in [-0.3, -0.25) is 4.90 Å². The molecule has 0 saturated heterocycles. The molecule has 0 saturated carbocycles. The van der Waals surface area contributed by atoms with Crippen LogP contribution in [0.25, 0.3) is 0 Å². The van der Waals surface area contributed by atoms with Gasteiger partial charge in [0.15, 0.2) is 0 Å². The van der Waals surface area contributed by atoms with Gasteiger partial charge >= 0.3 is 0 Å². The third kappa shape index (κ3) is 5.08. The first kappa shape index (κ1) is 17.6. The molecule has 0 aliphatic heterocycles. The Morgan fingerprint density at radius 1 is 1.33 bits per heavy atom. The Kier molecular flexibility index (Phi) is 6.26. The van der Waals surface area contributed by atoms with Crippen LogP contribution < -0.4 is 4.74 Å². The lowest BCUT2D eigenvalue weighted by molar-refractivity contribution is 0.134. The zero-order valence-corrected chi connectivity index (χ0v) is 14.0. The van der Waals surface area contributed by atoms with E-state index >= 15 is 0 Å². The van der Waals surface area contributed by atoms with Crippen LogP contribution in [0.1, 0.15) is 38.8 Å². The molecule has 1 aromatic rings. The van der Waals surface area contributed by atoms with E-state index < -0.39 is 0 Å². The first-order valence-electron chi connectivity index (χ1n) is 7.26. The summed E-state index contributed by atoms with van der Waals surface area (Å²) in [6, 6.07) is 6.50. The molecule has 1 rings (SSSR count). The normalized spacial score (nSPS) is 12.8. The molecule has 0 spiro atoms. The summed E-state index contributed by atoms with van der Waals surface area (Å²) < 4.78 is 5.31. The van der Waals surface area contributed by atoms with Crippen LogP contribution in [0, 0.1) is 17.3 Å². The van der Waals surface area contributed by atoms with Crippen LogP contribution in [0.5, 0.6) is 5.75 Å². The Bertz CT molecular complexity index is 520. The van der Waals surface area contributed by atoms with Crippen LogP contribution >= 0.6 is 0 Å². The predicted octanol–water partition coefficient (Wildman–Crippen LogP) is 2.91. The lowest BCUT2D eigenvalue weighted by atomic mass is 9.87. The molecule has 0 bridgehead atoms. The molecule has 0 amide bonds. The number of hydrogen-bond acceptors (Lipinski definition) is 3. The van der Waals surface area contributed by atoms with Crippen LogP contribution in [0.3, 0.4) is 0 Å². The molecule has 1 unspecified atom stereocenters. The maximum absolute atomic E-state index is 8.85. The van der Waals surface area contributed by atoms with Crippen LogP contribution in [0.4, 0.5) is 0 Å². The van der Waals surface area contributed by atoms with E-state index in [2.05, 4.69) is 57.5 Å². The monoisotopic (exact) mass is 289 g/mol. The van der Waals surface area contributed by atoms with E-state index in [0.717, 1.165) is 17.9 Å². The van der Waals surface area contributed by atoms with Crippen molar-refractivity contribution in [1.29, 1.82) is 0 Å². The third-order valence-electron chi connectivity index (χ3n) is 3.91. The summed E-state index contributed by atoms with van der Waals surface area (Å²) in [4.78, 5) is 2.34. The van der Waals surface area contributed by atoms with Gasteiger partial charge in [-0.2, -0.15) is 0 Å². The molecule has 21 heavy (non-hydrogen) atoms. The number of hydrogen-bond donors (Lipinski definition) is 1. The highest BCUT2D eigenvalue weighted by Crippen LogP contribution is 2.25. The van der Waals surface area contributed by atoms with Gasteiger partial charge in [0.2, 0.25) is 0 Å². The summed E-state index contributed by atoms with van der Waals surface area (Å²) >= 11 is 0. The Hall–Kier alpha value is -1.50. The lowest BCUT2D eigenvalue weighted by Gasteiger charge is -2.35. The Labute approximate surface area is 128 Å². The van der Waals surface area contributed by atoms with E-state index in [1.807, 2.05) is 12.1 Å². The van der Waals surface area contributed by atoms with Crippen molar-refractivity contribution in [3.8, 4) is 17.6 Å². The van der Waals surface area contributed by atoms with E-state index in [9.17, 15) is 0 Å². The molecule has 116 valence electrons. The summed E-state index contributed by atoms with van der Waals surface area (Å²) in [5.41, 5.74) is 2.25. The summed E-state index contributed by atoms with van der Waals surface area (Å²) in [5, 5.41) is 8.85. The molecule has 1 N–H and O–H groups in total. The molecule has 0 heterocycles. The van der Waals surface area contributed by atoms with E-state index in [1.165, 1.54) is 5.56 Å². The first-order chi connectivity index (χ1) is 9.79. The smallest absolute Gasteiger partial charge is 0.134 e. The molecular weight excluding hydrogens is 262 g/mol. The average Bonchev–Trinajstić information content (AvgIpc) is 2.43. The van der Waals surface area contributed by atoms with Crippen molar-refractivity contribution in [2.45, 2.75) is 40.3 Å². The quantitative estimate of drug-likeness (QED) is 0.865. The van der Waals surface area contributed by atoms with Crippen molar-refractivity contribution in [2.24, 2.45) is 5.41 Å². The number of aliphatic hydroxyl groups excluding tert-OH is 1. The highest BCUT2D eigenvalue weighted by Gasteiger charge is 2.23. The number of rotatable bonds is 4. The van der Waals surface area contributed by atoms with Gasteiger partial charge in [0.1, 0.15) is 12.4 Å². The van der Waals surface area contributed by atoms with Gasteiger partial charge in [0, 0.05) is 12.6 Å². The highest BCUT2D eigenvalue weighted by atomic mass is 16.5. The van der Waals surface area contributed by atoms with Crippen LogP contribution in [-0.2, 0) is 6.54 Å². The fourth-order valence-corrected chi connectivity index (χ4v) is 2.17. The maximum Gasteiger partial charge on any atom is 0.134 e. The fraction of sp³-hybridized carbons (Fsp3) is 0.556. The Morgan fingerprint density at radius 2 is 2.00 bits per heavy atom. The summed E-state index contributed by atoms with van der Waals surface area (Å²) in [6.45, 7) is 9.71. The van der Waals surface area contributed by atoms with Crippen molar-refractivity contribution in [3.63, 3.8) is 0 Å². The molecule has 1 atom stereocenters. The summed E-state index contributed by atoms with van der Waals surface area (Å²) in [7, 11) is 3.77. The van der Waals surface area contributed by atoms with Crippen LogP contribution in [0.15, 0.2) is 18.2 Å². The Balaban J connectivity index is 2.94. The minimum atomic E-state index is -0.145. The van der Waals surface area contributed by atoms with Gasteiger partial charge in [-0.1, -0.05) is 38.7 Å². The molecule has 0 aromatic heterocycles. The minimum Gasteiger partial charge on any atom is -0.495 e. The molecular formula is C18H27NO2. The van der Waals surface area contributed by atoms with Crippen molar-refractivity contribution in [3.05, 3.63) is 29.3 Å². The standard InChI is InChI=1S/C18H27NO2/c1-14(18(2,3)4)19(5)13-15-9-10-17(21-6)16(12-15)8-7-11-20/h9-10,12,14,20H,11,13H2,1-6H3. The number of nitrogens with zero attached hydrogens (tertiary/aromatic N) is 1. The van der Waals surface area contributed by atoms with Crippen LogP contribution in [0.2, 0.25) is 0 Å². The zero-order chi connectivity index (χ0) is 16.0. The first-order valence-corrected chi connectivity index (χ1v) is 7.26. The number of benzene rings is 1. The molecule has 0 fully saturated rings. The van der Waals surface area contributed by atoms with Gasteiger partial charge in [0.25, 0.3) is 0 Å². The van der Waals surface area contributed by atoms with Crippen molar-refractivity contribution in [2.75, 3.05) is 20.8 Å². The van der Waals surface area contributed by atoms with Crippen molar-refractivity contribution in [1.82, 2.24) is 4.90 Å². The molecule has 3 nitrogen and oxygen atoms in total. The van der Waals surface area contributed by atoms with Gasteiger partial charge in [-0.05, 0) is 37.1 Å². The molecule has 0 aliphatic rings. The van der Waals surface area contributed by atoms with Gasteiger partial charge in [-0.25, -0.2) is 0 Å². The van der Waals surface area contributed by atoms with Gasteiger partial charge in [-0.15, -0.1) is 0 Å². The van der Waals surface area contributed by atoms with Crippen molar-refractivity contribution < 1.29 is 9.84 Å². The largest absolute Gasteiger partial charge is 0.495 e. The summed E-state index contributed by atoms with van der Waals surface area (Å²) in [5.74, 6) is 6.36. The van der Waals surface area contributed by atoms with E-state index in [0.29, 0.717) is 6.04 Å². The van der Waals surface area contributed by atoms with E-state index in [4.69, 9.17) is 9.84 Å². The molecule has 0 aliphatic carbocycles. The predicted molar refractivity (Wildman–Crippen MR) is 87.3 cm³/mol. The topological polar surface area (TPSA) is 32.7 Å². The number of aliphatic hydroxyl groups is 1. The second-order valence-electron chi connectivity index (χ2n) is 6.45. The number of ether oxygens (including phenoxy) is 1. The van der Waals surface area contributed by atoms with E-state index in [1.54, 1.807) is 7.11 Å². The second kappa shape index (κ2) is 7.49. The maximum atomic E-state index is 8.85.